The predicted octanol–water partition coefficient (Wildman–Crippen LogP) is 5.82. The van der Waals surface area contributed by atoms with E-state index in [1.165, 1.54) is 30.4 Å². The van der Waals surface area contributed by atoms with Crippen LogP contribution in [0, 0.1) is 18.8 Å². The molecule has 3 nitrogen and oxygen atoms in total. The minimum Gasteiger partial charge on any atom is -0.464 e. The van der Waals surface area contributed by atoms with Gasteiger partial charge in [0.2, 0.25) is 0 Å². The molecule has 3 rings (SSSR count). The lowest BCUT2D eigenvalue weighted by atomic mass is 9.80. The van der Waals surface area contributed by atoms with E-state index in [4.69, 9.17) is 4.42 Å². The lowest BCUT2D eigenvalue weighted by molar-refractivity contribution is 0.278. The Hall–Kier alpha value is -1.55. The zero-order valence-electron chi connectivity index (χ0n) is 16.8. The Bertz CT molecular complexity index is 827. The molecule has 1 aromatic carbocycles. The summed E-state index contributed by atoms with van der Waals surface area (Å²) in [5, 5.41) is -0.248. The van der Waals surface area contributed by atoms with E-state index < -0.39 is 9.84 Å². The van der Waals surface area contributed by atoms with Crippen molar-refractivity contribution in [2.24, 2.45) is 11.8 Å². The molecule has 1 aliphatic rings. The van der Waals surface area contributed by atoms with Crippen LogP contribution in [-0.2, 0) is 16.3 Å². The SMILES string of the molecule is Cc1cc(-c2ccco2)ccc1CCC1CCC(CS(=O)(=O)C(C)C)CC1. The molecule has 0 saturated heterocycles. The largest absolute Gasteiger partial charge is 0.464 e. The molecule has 2 aromatic rings. The number of aryl methyl sites for hydroxylation is 2. The summed E-state index contributed by atoms with van der Waals surface area (Å²) in [5.41, 5.74) is 3.86. The van der Waals surface area contributed by atoms with Gasteiger partial charge in [0.15, 0.2) is 9.84 Å². The predicted molar refractivity (Wildman–Crippen MR) is 112 cm³/mol. The first kappa shape index (κ1) is 20.2. The van der Waals surface area contributed by atoms with Crippen LogP contribution in [0.25, 0.3) is 11.3 Å². The molecule has 0 N–H and O–H groups in total. The fourth-order valence-electron chi connectivity index (χ4n) is 4.14. The van der Waals surface area contributed by atoms with Crippen LogP contribution >= 0.6 is 0 Å². The number of benzene rings is 1. The molecule has 0 unspecified atom stereocenters. The number of rotatable bonds is 7. The van der Waals surface area contributed by atoms with Crippen molar-refractivity contribution in [2.45, 2.75) is 64.5 Å². The molecule has 0 spiro atoms. The highest BCUT2D eigenvalue weighted by atomic mass is 32.2. The Morgan fingerprint density at radius 3 is 2.37 bits per heavy atom. The third kappa shape index (κ3) is 5.25. The van der Waals surface area contributed by atoms with Crippen LogP contribution in [0.15, 0.2) is 41.0 Å². The van der Waals surface area contributed by atoms with Crippen molar-refractivity contribution in [3.63, 3.8) is 0 Å². The Morgan fingerprint density at radius 1 is 1.07 bits per heavy atom. The van der Waals surface area contributed by atoms with Gasteiger partial charge >= 0.3 is 0 Å². The molecular weight excluding hydrogens is 356 g/mol. The summed E-state index contributed by atoms with van der Waals surface area (Å²) in [6, 6.07) is 10.5. The monoisotopic (exact) mass is 388 g/mol. The minimum atomic E-state index is -2.91. The average molecular weight is 389 g/mol. The van der Waals surface area contributed by atoms with Gasteiger partial charge in [0.25, 0.3) is 0 Å². The molecule has 0 atom stereocenters. The normalized spacial score (nSPS) is 20.9. The Labute approximate surface area is 164 Å². The van der Waals surface area contributed by atoms with E-state index in [1.807, 2.05) is 12.1 Å². The van der Waals surface area contributed by atoms with Crippen LogP contribution in [0.4, 0.5) is 0 Å². The van der Waals surface area contributed by atoms with Gasteiger partial charge in [-0.15, -0.1) is 0 Å². The van der Waals surface area contributed by atoms with Gasteiger partial charge in [0, 0.05) is 5.56 Å². The molecule has 0 radical (unpaired) electrons. The first-order valence-corrected chi connectivity index (χ1v) is 11.9. The average Bonchev–Trinajstić information content (AvgIpc) is 3.16. The highest BCUT2D eigenvalue weighted by Gasteiger charge is 2.27. The number of hydrogen-bond acceptors (Lipinski definition) is 3. The van der Waals surface area contributed by atoms with Gasteiger partial charge in [0.05, 0.1) is 17.3 Å². The number of hydrogen-bond donors (Lipinski definition) is 0. The summed E-state index contributed by atoms with van der Waals surface area (Å²) in [6.45, 7) is 5.76. The van der Waals surface area contributed by atoms with E-state index in [0.717, 1.165) is 36.5 Å². The van der Waals surface area contributed by atoms with Gasteiger partial charge < -0.3 is 4.42 Å². The Morgan fingerprint density at radius 2 is 1.78 bits per heavy atom. The first-order valence-electron chi connectivity index (χ1n) is 10.2. The van der Waals surface area contributed by atoms with E-state index in [9.17, 15) is 8.42 Å². The van der Waals surface area contributed by atoms with Gasteiger partial charge in [-0.05, 0) is 87.6 Å². The maximum absolute atomic E-state index is 12.1. The van der Waals surface area contributed by atoms with Crippen molar-refractivity contribution in [2.75, 3.05) is 5.75 Å². The number of sulfone groups is 1. The van der Waals surface area contributed by atoms with E-state index in [0.29, 0.717) is 11.7 Å². The second-order valence-electron chi connectivity index (χ2n) is 8.42. The molecule has 27 heavy (non-hydrogen) atoms. The van der Waals surface area contributed by atoms with Crippen molar-refractivity contribution in [3.05, 3.63) is 47.7 Å². The van der Waals surface area contributed by atoms with Gasteiger partial charge in [-0.25, -0.2) is 8.42 Å². The van der Waals surface area contributed by atoms with Crippen LogP contribution in [0.5, 0.6) is 0 Å². The van der Waals surface area contributed by atoms with Gasteiger partial charge in [-0.3, -0.25) is 0 Å². The van der Waals surface area contributed by atoms with Gasteiger partial charge in [-0.2, -0.15) is 0 Å². The summed E-state index contributed by atoms with van der Waals surface area (Å²) in [4.78, 5) is 0. The van der Waals surface area contributed by atoms with Crippen molar-refractivity contribution in [1.82, 2.24) is 0 Å². The van der Waals surface area contributed by atoms with E-state index in [-0.39, 0.29) is 5.25 Å². The lowest BCUT2D eigenvalue weighted by Gasteiger charge is -2.29. The fourth-order valence-corrected chi connectivity index (χ4v) is 5.52. The zero-order chi connectivity index (χ0) is 19.4. The van der Waals surface area contributed by atoms with E-state index in [1.54, 1.807) is 20.1 Å². The molecule has 1 fully saturated rings. The van der Waals surface area contributed by atoms with Crippen molar-refractivity contribution >= 4 is 9.84 Å². The Kier molecular flexibility index (Phi) is 6.46. The molecule has 0 amide bonds. The highest BCUT2D eigenvalue weighted by molar-refractivity contribution is 7.91. The van der Waals surface area contributed by atoms with Crippen molar-refractivity contribution in [1.29, 1.82) is 0 Å². The smallest absolute Gasteiger partial charge is 0.152 e. The van der Waals surface area contributed by atoms with Crippen molar-refractivity contribution in [3.8, 4) is 11.3 Å². The maximum atomic E-state index is 12.1. The quantitative estimate of drug-likeness (QED) is 0.600. The van der Waals surface area contributed by atoms with Crippen LogP contribution in [0.3, 0.4) is 0 Å². The third-order valence-corrected chi connectivity index (χ3v) is 8.50. The topological polar surface area (TPSA) is 47.3 Å². The molecule has 1 saturated carbocycles. The Balaban J connectivity index is 1.49. The molecule has 1 aliphatic carbocycles. The van der Waals surface area contributed by atoms with Crippen LogP contribution in [0.1, 0.15) is 57.1 Å². The molecule has 0 bridgehead atoms. The molecule has 4 heteroatoms. The first-order chi connectivity index (χ1) is 12.8. The highest BCUT2D eigenvalue weighted by Crippen LogP contribution is 2.33. The zero-order valence-corrected chi connectivity index (χ0v) is 17.6. The third-order valence-electron chi connectivity index (χ3n) is 6.12. The van der Waals surface area contributed by atoms with Gasteiger partial charge in [-0.1, -0.05) is 25.0 Å². The molecule has 1 heterocycles. The summed E-state index contributed by atoms with van der Waals surface area (Å²) >= 11 is 0. The minimum absolute atomic E-state index is 0.248. The second kappa shape index (κ2) is 8.64. The van der Waals surface area contributed by atoms with Crippen LogP contribution in [0.2, 0.25) is 0 Å². The summed E-state index contributed by atoms with van der Waals surface area (Å²) < 4.78 is 29.8. The standard InChI is InChI=1S/C23H32O3S/c1-17(2)27(24,25)16-20-8-6-19(7-9-20)10-11-21-12-13-22(15-18(21)3)23-5-4-14-26-23/h4-5,12-15,17,19-20H,6-11,16H2,1-3H3. The lowest BCUT2D eigenvalue weighted by Crippen LogP contribution is -2.26. The molecule has 0 aliphatic heterocycles. The second-order valence-corrected chi connectivity index (χ2v) is 11.0. The maximum Gasteiger partial charge on any atom is 0.152 e. The van der Waals surface area contributed by atoms with Crippen LogP contribution in [-0.4, -0.2) is 19.4 Å². The number of furan rings is 1. The van der Waals surface area contributed by atoms with E-state index >= 15 is 0 Å². The molecule has 148 valence electrons. The van der Waals surface area contributed by atoms with E-state index in [2.05, 4.69) is 25.1 Å². The summed E-state index contributed by atoms with van der Waals surface area (Å²) in [7, 11) is -2.91. The van der Waals surface area contributed by atoms with Crippen molar-refractivity contribution < 1.29 is 12.8 Å². The summed E-state index contributed by atoms with van der Waals surface area (Å²) in [5.74, 6) is 2.39. The molecular formula is C23H32O3S. The summed E-state index contributed by atoms with van der Waals surface area (Å²) in [6.07, 6.45) is 8.47. The van der Waals surface area contributed by atoms with Gasteiger partial charge in [0.1, 0.15) is 5.76 Å². The van der Waals surface area contributed by atoms with Crippen LogP contribution < -0.4 is 0 Å². The fraction of sp³-hybridized carbons (Fsp3) is 0.565. The molecule has 1 aromatic heterocycles.